The summed E-state index contributed by atoms with van der Waals surface area (Å²) in [6, 6.07) is 15.8. The standard InChI is InChI=1S/C22H19N3O2/c1-26-19-9-15(10-20(12-19)27-2)8-18-5-6-21-22(25-18)11-17(14-24-21)16-4-3-7-23-13-16/h3-7,9-14H,8H2,1-2H3. The van der Waals surface area contributed by atoms with Crippen molar-refractivity contribution in [2.75, 3.05) is 14.2 Å². The van der Waals surface area contributed by atoms with Gasteiger partial charge < -0.3 is 9.47 Å². The second kappa shape index (κ2) is 7.41. The Morgan fingerprint density at radius 2 is 1.63 bits per heavy atom. The third kappa shape index (κ3) is 3.72. The summed E-state index contributed by atoms with van der Waals surface area (Å²) < 4.78 is 10.7. The van der Waals surface area contributed by atoms with Crippen molar-refractivity contribution >= 4 is 11.0 Å². The predicted octanol–water partition coefficient (Wildman–Crippen LogP) is 4.30. The van der Waals surface area contributed by atoms with Gasteiger partial charge in [-0.05, 0) is 42.0 Å². The normalized spacial score (nSPS) is 10.7. The van der Waals surface area contributed by atoms with Crippen molar-refractivity contribution in [3.63, 3.8) is 0 Å². The van der Waals surface area contributed by atoms with Crippen LogP contribution in [0.25, 0.3) is 22.2 Å². The minimum absolute atomic E-state index is 0.681. The van der Waals surface area contributed by atoms with E-state index in [0.717, 1.165) is 44.9 Å². The van der Waals surface area contributed by atoms with Crippen LogP contribution < -0.4 is 9.47 Å². The van der Waals surface area contributed by atoms with Crippen LogP contribution >= 0.6 is 0 Å². The first kappa shape index (κ1) is 17.0. The van der Waals surface area contributed by atoms with Gasteiger partial charge in [-0.15, -0.1) is 0 Å². The van der Waals surface area contributed by atoms with E-state index in [4.69, 9.17) is 14.5 Å². The molecule has 134 valence electrons. The molecule has 0 N–H and O–H groups in total. The molecular formula is C22H19N3O2. The van der Waals surface area contributed by atoms with E-state index < -0.39 is 0 Å². The van der Waals surface area contributed by atoms with E-state index in [-0.39, 0.29) is 0 Å². The molecule has 0 saturated carbocycles. The fraction of sp³-hybridized carbons (Fsp3) is 0.136. The van der Waals surface area contributed by atoms with Gasteiger partial charge >= 0.3 is 0 Å². The highest BCUT2D eigenvalue weighted by Crippen LogP contribution is 2.25. The van der Waals surface area contributed by atoms with Gasteiger partial charge in [-0.25, -0.2) is 0 Å². The molecule has 0 radical (unpaired) electrons. The van der Waals surface area contributed by atoms with E-state index in [1.807, 2.05) is 54.9 Å². The zero-order valence-corrected chi connectivity index (χ0v) is 15.2. The van der Waals surface area contributed by atoms with Crippen molar-refractivity contribution in [3.05, 3.63) is 78.4 Å². The zero-order valence-electron chi connectivity index (χ0n) is 15.2. The van der Waals surface area contributed by atoms with E-state index >= 15 is 0 Å². The Morgan fingerprint density at radius 3 is 2.33 bits per heavy atom. The van der Waals surface area contributed by atoms with Crippen molar-refractivity contribution in [3.8, 4) is 22.6 Å². The van der Waals surface area contributed by atoms with E-state index in [9.17, 15) is 0 Å². The molecule has 4 rings (SSSR count). The number of fused-ring (bicyclic) bond motifs is 1. The lowest BCUT2D eigenvalue weighted by atomic mass is 10.1. The van der Waals surface area contributed by atoms with Gasteiger partial charge in [0.25, 0.3) is 0 Å². The number of pyridine rings is 3. The Kier molecular flexibility index (Phi) is 4.66. The minimum Gasteiger partial charge on any atom is -0.497 e. The second-order valence-electron chi connectivity index (χ2n) is 6.20. The zero-order chi connectivity index (χ0) is 18.6. The number of benzene rings is 1. The van der Waals surface area contributed by atoms with E-state index in [0.29, 0.717) is 6.42 Å². The highest BCUT2D eigenvalue weighted by atomic mass is 16.5. The Balaban J connectivity index is 1.69. The molecule has 3 heterocycles. The van der Waals surface area contributed by atoms with Crippen molar-refractivity contribution in [1.29, 1.82) is 0 Å². The Labute approximate surface area is 157 Å². The lowest BCUT2D eigenvalue weighted by molar-refractivity contribution is 0.393. The fourth-order valence-corrected chi connectivity index (χ4v) is 3.02. The minimum atomic E-state index is 0.681. The molecule has 0 saturated heterocycles. The summed E-state index contributed by atoms with van der Waals surface area (Å²) in [6.07, 6.45) is 6.13. The second-order valence-corrected chi connectivity index (χ2v) is 6.20. The Morgan fingerprint density at radius 1 is 0.815 bits per heavy atom. The predicted molar refractivity (Wildman–Crippen MR) is 105 cm³/mol. The van der Waals surface area contributed by atoms with Crippen LogP contribution in [0.5, 0.6) is 11.5 Å². The molecule has 0 aliphatic carbocycles. The molecule has 5 nitrogen and oxygen atoms in total. The van der Waals surface area contributed by atoms with Gasteiger partial charge in [-0.3, -0.25) is 15.0 Å². The van der Waals surface area contributed by atoms with Gasteiger partial charge in [-0.2, -0.15) is 0 Å². The molecule has 0 amide bonds. The van der Waals surface area contributed by atoms with E-state index in [1.165, 1.54) is 0 Å². The summed E-state index contributed by atoms with van der Waals surface area (Å²) in [6.45, 7) is 0. The van der Waals surface area contributed by atoms with Crippen molar-refractivity contribution in [1.82, 2.24) is 15.0 Å². The lowest BCUT2D eigenvalue weighted by Crippen LogP contribution is -1.96. The molecule has 3 aromatic heterocycles. The third-order valence-corrected chi connectivity index (χ3v) is 4.39. The smallest absolute Gasteiger partial charge is 0.122 e. The average molecular weight is 357 g/mol. The molecule has 27 heavy (non-hydrogen) atoms. The first-order chi connectivity index (χ1) is 13.2. The molecule has 0 bridgehead atoms. The highest BCUT2D eigenvalue weighted by Gasteiger charge is 2.07. The van der Waals surface area contributed by atoms with Crippen molar-refractivity contribution in [2.45, 2.75) is 6.42 Å². The summed E-state index contributed by atoms with van der Waals surface area (Å²) >= 11 is 0. The SMILES string of the molecule is COc1cc(Cc2ccc3ncc(-c4cccnc4)cc3n2)cc(OC)c1. The van der Waals surface area contributed by atoms with Gasteiger partial charge in [0.15, 0.2) is 0 Å². The van der Waals surface area contributed by atoms with E-state index in [2.05, 4.69) is 16.0 Å². The quantitative estimate of drug-likeness (QED) is 0.533. The van der Waals surface area contributed by atoms with E-state index in [1.54, 1.807) is 20.4 Å². The van der Waals surface area contributed by atoms with Crippen molar-refractivity contribution < 1.29 is 9.47 Å². The average Bonchev–Trinajstić information content (AvgIpc) is 2.73. The number of hydrogen-bond donors (Lipinski definition) is 0. The summed E-state index contributed by atoms with van der Waals surface area (Å²) in [5.41, 5.74) is 5.80. The number of hydrogen-bond acceptors (Lipinski definition) is 5. The molecule has 0 aliphatic heterocycles. The number of aromatic nitrogens is 3. The largest absolute Gasteiger partial charge is 0.497 e. The van der Waals surface area contributed by atoms with Crippen LogP contribution in [0.2, 0.25) is 0 Å². The molecular weight excluding hydrogens is 338 g/mol. The van der Waals surface area contributed by atoms with Crippen LogP contribution in [0.1, 0.15) is 11.3 Å². The summed E-state index contributed by atoms with van der Waals surface area (Å²) in [5, 5.41) is 0. The first-order valence-corrected chi connectivity index (χ1v) is 8.63. The third-order valence-electron chi connectivity index (χ3n) is 4.39. The molecule has 4 aromatic rings. The maximum absolute atomic E-state index is 5.35. The molecule has 0 aliphatic rings. The first-order valence-electron chi connectivity index (χ1n) is 8.63. The molecule has 0 fully saturated rings. The van der Waals surface area contributed by atoms with Crippen LogP contribution in [-0.4, -0.2) is 29.2 Å². The van der Waals surface area contributed by atoms with Gasteiger partial charge in [0.2, 0.25) is 0 Å². The molecule has 0 unspecified atom stereocenters. The van der Waals surface area contributed by atoms with Crippen molar-refractivity contribution in [2.24, 2.45) is 0 Å². The topological polar surface area (TPSA) is 57.1 Å². The number of nitrogens with zero attached hydrogens (tertiary/aromatic N) is 3. The number of methoxy groups -OCH3 is 2. The Hall–Kier alpha value is -3.47. The van der Waals surface area contributed by atoms with Gasteiger partial charge in [0.05, 0.1) is 25.3 Å². The molecule has 0 spiro atoms. The van der Waals surface area contributed by atoms with Gasteiger partial charge in [0.1, 0.15) is 11.5 Å². The van der Waals surface area contributed by atoms with Crippen LogP contribution in [-0.2, 0) is 6.42 Å². The maximum Gasteiger partial charge on any atom is 0.122 e. The van der Waals surface area contributed by atoms with Crippen LogP contribution in [0.3, 0.4) is 0 Å². The summed E-state index contributed by atoms with van der Waals surface area (Å²) in [4.78, 5) is 13.5. The Bertz CT molecular complexity index is 1060. The maximum atomic E-state index is 5.35. The van der Waals surface area contributed by atoms with Crippen LogP contribution in [0, 0.1) is 0 Å². The highest BCUT2D eigenvalue weighted by molar-refractivity contribution is 5.80. The monoisotopic (exact) mass is 357 g/mol. The lowest BCUT2D eigenvalue weighted by Gasteiger charge is -2.09. The number of rotatable bonds is 5. The van der Waals surface area contributed by atoms with Gasteiger partial charge in [0, 0.05) is 47.9 Å². The summed E-state index contributed by atoms with van der Waals surface area (Å²) in [5.74, 6) is 1.54. The number of ether oxygens (including phenoxy) is 2. The fourth-order valence-electron chi connectivity index (χ4n) is 3.02. The van der Waals surface area contributed by atoms with Crippen LogP contribution in [0.4, 0.5) is 0 Å². The molecule has 1 aromatic carbocycles. The van der Waals surface area contributed by atoms with Gasteiger partial charge in [-0.1, -0.05) is 6.07 Å². The summed E-state index contributed by atoms with van der Waals surface area (Å²) in [7, 11) is 3.30. The molecule has 0 atom stereocenters. The van der Waals surface area contributed by atoms with Crippen LogP contribution in [0.15, 0.2) is 67.1 Å². The molecule has 5 heteroatoms.